The Labute approximate surface area is 268 Å². The van der Waals surface area contributed by atoms with E-state index in [0.717, 1.165) is 60.4 Å². The predicted octanol–water partition coefficient (Wildman–Crippen LogP) is 12.1. The van der Waals surface area contributed by atoms with E-state index in [9.17, 15) is 0 Å². The van der Waals surface area contributed by atoms with Crippen LogP contribution in [0.5, 0.6) is 0 Å². The molecular weight excluding hydrogens is 581 g/mol. The van der Waals surface area contributed by atoms with Crippen molar-refractivity contribution in [1.29, 1.82) is 0 Å². The standard InChI is InChI=1S/C42H24N2OS/c1-4-13-36-35(10-1)40(32-11-7-12-33-28(32)22-23-34-29-8-2-5-14-37(29)45-41(33)34)44-42(43-36)26-18-16-25(17-19-26)27-20-21-31-30-9-3-6-15-38(30)46-39(31)24-27/h1-24H. The van der Waals surface area contributed by atoms with Gasteiger partial charge in [-0.3, -0.25) is 0 Å². The molecule has 214 valence electrons. The molecule has 0 aliphatic rings. The number of hydrogen-bond acceptors (Lipinski definition) is 4. The number of benzene rings is 7. The Morgan fingerprint density at radius 1 is 0.435 bits per heavy atom. The minimum atomic E-state index is 0.710. The number of fused-ring (bicyclic) bond motifs is 9. The molecule has 0 fully saturated rings. The maximum Gasteiger partial charge on any atom is 0.160 e. The topological polar surface area (TPSA) is 38.9 Å². The summed E-state index contributed by atoms with van der Waals surface area (Å²) in [6.07, 6.45) is 0. The molecular formula is C42H24N2OS. The van der Waals surface area contributed by atoms with Gasteiger partial charge in [-0.2, -0.15) is 0 Å². The summed E-state index contributed by atoms with van der Waals surface area (Å²) < 4.78 is 9.02. The van der Waals surface area contributed by atoms with E-state index in [4.69, 9.17) is 14.4 Å². The summed E-state index contributed by atoms with van der Waals surface area (Å²) in [7, 11) is 0. The van der Waals surface area contributed by atoms with Gasteiger partial charge in [0.25, 0.3) is 0 Å². The molecule has 46 heavy (non-hydrogen) atoms. The van der Waals surface area contributed by atoms with Crippen molar-refractivity contribution in [2.45, 2.75) is 0 Å². The SMILES string of the molecule is c1ccc2c(-c3cccc4c3ccc3c5ccccc5oc43)nc(-c3ccc(-c4ccc5c(c4)sc4ccccc45)cc3)nc2c1. The molecule has 0 saturated heterocycles. The van der Waals surface area contributed by atoms with E-state index in [-0.39, 0.29) is 0 Å². The highest BCUT2D eigenvalue weighted by molar-refractivity contribution is 7.25. The molecule has 0 spiro atoms. The fraction of sp³-hybridized carbons (Fsp3) is 0. The minimum absolute atomic E-state index is 0.710. The van der Waals surface area contributed by atoms with Gasteiger partial charge in [0.1, 0.15) is 11.2 Å². The molecule has 0 aliphatic heterocycles. The smallest absolute Gasteiger partial charge is 0.160 e. The number of hydrogen-bond donors (Lipinski definition) is 0. The average molecular weight is 605 g/mol. The lowest BCUT2D eigenvalue weighted by Crippen LogP contribution is -1.96. The van der Waals surface area contributed by atoms with Gasteiger partial charge >= 0.3 is 0 Å². The third-order valence-electron chi connectivity index (χ3n) is 9.11. The van der Waals surface area contributed by atoms with E-state index in [2.05, 4.69) is 127 Å². The van der Waals surface area contributed by atoms with Gasteiger partial charge in [0.2, 0.25) is 0 Å². The second-order valence-corrected chi connectivity index (χ2v) is 12.8. The molecule has 0 saturated carbocycles. The van der Waals surface area contributed by atoms with Gasteiger partial charge < -0.3 is 4.42 Å². The summed E-state index contributed by atoms with van der Waals surface area (Å²) in [5, 5.41) is 8.10. The number of aromatic nitrogens is 2. The van der Waals surface area contributed by atoms with Crippen LogP contribution in [0, 0.1) is 0 Å². The highest BCUT2D eigenvalue weighted by atomic mass is 32.1. The van der Waals surface area contributed by atoms with Gasteiger partial charge in [0.05, 0.1) is 11.2 Å². The molecule has 0 unspecified atom stereocenters. The third-order valence-corrected chi connectivity index (χ3v) is 10.2. The van der Waals surface area contributed by atoms with Crippen LogP contribution in [0.4, 0.5) is 0 Å². The Bertz CT molecular complexity index is 2810. The van der Waals surface area contributed by atoms with Crippen molar-refractivity contribution in [1.82, 2.24) is 9.97 Å². The predicted molar refractivity (Wildman–Crippen MR) is 194 cm³/mol. The molecule has 0 aliphatic carbocycles. The number of para-hydroxylation sites is 2. The second-order valence-electron chi connectivity index (χ2n) is 11.7. The van der Waals surface area contributed by atoms with Crippen LogP contribution in [0.25, 0.3) is 97.6 Å². The quantitative estimate of drug-likeness (QED) is 0.201. The summed E-state index contributed by atoms with van der Waals surface area (Å²) in [4.78, 5) is 10.3. The summed E-state index contributed by atoms with van der Waals surface area (Å²) >= 11 is 1.85. The van der Waals surface area contributed by atoms with E-state index in [1.54, 1.807) is 0 Å². The molecule has 3 nitrogen and oxygen atoms in total. The third kappa shape index (κ3) is 3.84. The molecule has 0 atom stereocenters. The first-order chi connectivity index (χ1) is 22.8. The van der Waals surface area contributed by atoms with Crippen LogP contribution in [0.15, 0.2) is 150 Å². The summed E-state index contributed by atoms with van der Waals surface area (Å²) in [5.74, 6) is 0.710. The molecule has 3 aromatic heterocycles. The Hall–Kier alpha value is -5.84. The van der Waals surface area contributed by atoms with Gasteiger partial charge in [-0.25, -0.2) is 9.97 Å². The van der Waals surface area contributed by atoms with E-state index in [1.807, 2.05) is 29.5 Å². The molecule has 0 radical (unpaired) electrons. The zero-order valence-electron chi connectivity index (χ0n) is 24.6. The van der Waals surface area contributed by atoms with Crippen molar-refractivity contribution in [2.24, 2.45) is 0 Å². The summed E-state index contributed by atoms with van der Waals surface area (Å²) in [6, 6.07) is 51.3. The minimum Gasteiger partial charge on any atom is -0.455 e. The van der Waals surface area contributed by atoms with E-state index in [1.165, 1.54) is 31.3 Å². The van der Waals surface area contributed by atoms with Crippen molar-refractivity contribution < 1.29 is 4.42 Å². The second kappa shape index (κ2) is 9.83. The number of rotatable bonds is 3. The molecule has 0 amide bonds. The number of nitrogens with zero attached hydrogens (tertiary/aromatic N) is 2. The van der Waals surface area contributed by atoms with E-state index in [0.29, 0.717) is 5.82 Å². The average Bonchev–Trinajstić information content (AvgIpc) is 3.69. The maximum atomic E-state index is 6.39. The molecule has 10 aromatic rings. The van der Waals surface area contributed by atoms with Gasteiger partial charge in [-0.05, 0) is 46.8 Å². The molecule has 10 rings (SSSR count). The van der Waals surface area contributed by atoms with Crippen molar-refractivity contribution in [2.75, 3.05) is 0 Å². The lowest BCUT2D eigenvalue weighted by molar-refractivity contribution is 0.672. The van der Waals surface area contributed by atoms with Gasteiger partial charge in [-0.1, -0.05) is 115 Å². The van der Waals surface area contributed by atoms with E-state index < -0.39 is 0 Å². The molecule has 0 bridgehead atoms. The van der Waals surface area contributed by atoms with Crippen LogP contribution in [0.3, 0.4) is 0 Å². The van der Waals surface area contributed by atoms with Crippen molar-refractivity contribution in [3.05, 3.63) is 146 Å². The van der Waals surface area contributed by atoms with Gasteiger partial charge in [-0.15, -0.1) is 11.3 Å². The van der Waals surface area contributed by atoms with Crippen molar-refractivity contribution >= 4 is 75.1 Å². The first kappa shape index (κ1) is 25.5. The largest absolute Gasteiger partial charge is 0.455 e. The normalized spacial score (nSPS) is 11.9. The Balaban J connectivity index is 1.10. The summed E-state index contributed by atoms with van der Waals surface area (Å²) in [5.41, 5.74) is 8.07. The van der Waals surface area contributed by atoms with Crippen LogP contribution in [-0.2, 0) is 0 Å². The molecule has 4 heteroatoms. The maximum absolute atomic E-state index is 6.39. The van der Waals surface area contributed by atoms with Crippen LogP contribution in [0.2, 0.25) is 0 Å². The van der Waals surface area contributed by atoms with Crippen LogP contribution in [0.1, 0.15) is 0 Å². The Morgan fingerprint density at radius 2 is 1.09 bits per heavy atom. The fourth-order valence-corrected chi connectivity index (χ4v) is 8.02. The van der Waals surface area contributed by atoms with Crippen molar-refractivity contribution in [3.8, 4) is 33.8 Å². The highest BCUT2D eigenvalue weighted by Crippen LogP contribution is 2.40. The number of thiophene rings is 1. The molecule has 7 aromatic carbocycles. The Morgan fingerprint density at radius 3 is 2.00 bits per heavy atom. The molecule has 3 heterocycles. The van der Waals surface area contributed by atoms with E-state index >= 15 is 0 Å². The highest BCUT2D eigenvalue weighted by Gasteiger charge is 2.17. The first-order valence-electron chi connectivity index (χ1n) is 15.4. The van der Waals surface area contributed by atoms with Crippen LogP contribution >= 0.6 is 11.3 Å². The fourth-order valence-electron chi connectivity index (χ4n) is 6.88. The zero-order chi connectivity index (χ0) is 30.2. The lowest BCUT2D eigenvalue weighted by atomic mass is 9.97. The van der Waals surface area contributed by atoms with Gasteiger partial charge in [0.15, 0.2) is 5.82 Å². The van der Waals surface area contributed by atoms with Crippen LogP contribution in [-0.4, -0.2) is 9.97 Å². The number of furan rings is 1. The zero-order valence-corrected chi connectivity index (χ0v) is 25.4. The Kier molecular flexibility index (Phi) is 5.45. The summed E-state index contributed by atoms with van der Waals surface area (Å²) in [6.45, 7) is 0. The monoisotopic (exact) mass is 604 g/mol. The van der Waals surface area contributed by atoms with Crippen molar-refractivity contribution in [3.63, 3.8) is 0 Å². The van der Waals surface area contributed by atoms with Crippen LogP contribution < -0.4 is 0 Å². The van der Waals surface area contributed by atoms with Gasteiger partial charge in [0, 0.05) is 52.8 Å². The lowest BCUT2D eigenvalue weighted by Gasteiger charge is -2.12. The molecule has 0 N–H and O–H groups in total. The first-order valence-corrected chi connectivity index (χ1v) is 16.2.